The Bertz CT molecular complexity index is 627. The molecule has 0 fully saturated rings. The maximum Gasteiger partial charge on any atom is 0.258 e. The first kappa shape index (κ1) is 13.1. The fourth-order valence-electron chi connectivity index (χ4n) is 1.67. The van der Waals surface area contributed by atoms with Crippen LogP contribution in [0.5, 0.6) is 11.6 Å². The highest BCUT2D eigenvalue weighted by Gasteiger charge is 2.20. The summed E-state index contributed by atoms with van der Waals surface area (Å²) < 4.78 is 6.37. The highest BCUT2D eigenvalue weighted by Crippen LogP contribution is 2.25. The van der Waals surface area contributed by atoms with Crippen LogP contribution >= 0.6 is 0 Å². The van der Waals surface area contributed by atoms with Crippen LogP contribution in [0.2, 0.25) is 0 Å². The van der Waals surface area contributed by atoms with Gasteiger partial charge in [-0.25, -0.2) is 0 Å². The first-order valence-corrected chi connectivity index (χ1v) is 5.99. The summed E-state index contributed by atoms with van der Waals surface area (Å²) in [5.74, 6) is 0.941. The first-order valence-electron chi connectivity index (χ1n) is 5.99. The van der Waals surface area contributed by atoms with Crippen molar-refractivity contribution >= 4 is 0 Å². The second kappa shape index (κ2) is 4.76. The van der Waals surface area contributed by atoms with Gasteiger partial charge in [-0.05, 0) is 12.1 Å². The Kier molecular flexibility index (Phi) is 3.29. The highest BCUT2D eigenvalue weighted by molar-refractivity contribution is 5.28. The van der Waals surface area contributed by atoms with Gasteiger partial charge in [-0.1, -0.05) is 39.0 Å². The lowest BCUT2D eigenvalue weighted by atomic mass is 9.92. The van der Waals surface area contributed by atoms with E-state index in [0.29, 0.717) is 17.3 Å². The van der Waals surface area contributed by atoms with Gasteiger partial charge in [-0.15, -0.1) is 0 Å². The van der Waals surface area contributed by atoms with E-state index < -0.39 is 0 Å². The number of nitrogens with one attached hydrogen (secondary N) is 1. The zero-order valence-electron chi connectivity index (χ0n) is 11.2. The van der Waals surface area contributed by atoms with Crippen molar-refractivity contribution in [2.75, 3.05) is 0 Å². The van der Waals surface area contributed by atoms with Gasteiger partial charge in [0.1, 0.15) is 5.75 Å². The SMILES string of the molecule is CC(C)(C)c1cc(Oc2ccccc2)nc(=N)n1O. The molecule has 2 rings (SSSR count). The van der Waals surface area contributed by atoms with E-state index in [1.54, 1.807) is 6.07 Å². The van der Waals surface area contributed by atoms with Gasteiger partial charge in [0.2, 0.25) is 5.88 Å². The van der Waals surface area contributed by atoms with Crippen molar-refractivity contribution in [1.82, 2.24) is 9.71 Å². The van der Waals surface area contributed by atoms with E-state index in [-0.39, 0.29) is 11.0 Å². The van der Waals surface area contributed by atoms with Crippen molar-refractivity contribution in [2.45, 2.75) is 26.2 Å². The molecule has 0 saturated carbocycles. The van der Waals surface area contributed by atoms with Crippen molar-refractivity contribution < 1.29 is 9.94 Å². The first-order chi connectivity index (χ1) is 8.88. The molecule has 0 radical (unpaired) electrons. The Morgan fingerprint density at radius 2 is 1.84 bits per heavy atom. The molecule has 0 bridgehead atoms. The van der Waals surface area contributed by atoms with Crippen LogP contribution in [0.3, 0.4) is 0 Å². The minimum absolute atomic E-state index is 0.252. The smallest absolute Gasteiger partial charge is 0.258 e. The molecule has 5 nitrogen and oxygen atoms in total. The van der Waals surface area contributed by atoms with Crippen LogP contribution in [0, 0.1) is 5.41 Å². The van der Waals surface area contributed by atoms with Crippen LogP contribution in [0.4, 0.5) is 0 Å². The molecular weight excluding hydrogens is 242 g/mol. The summed E-state index contributed by atoms with van der Waals surface area (Å²) in [4.78, 5) is 3.90. The second-order valence-corrected chi connectivity index (χ2v) is 5.28. The van der Waals surface area contributed by atoms with Crippen molar-refractivity contribution in [3.63, 3.8) is 0 Å². The normalized spacial score (nSPS) is 11.3. The van der Waals surface area contributed by atoms with E-state index in [4.69, 9.17) is 10.1 Å². The summed E-state index contributed by atoms with van der Waals surface area (Å²) in [7, 11) is 0. The number of aromatic nitrogens is 2. The van der Waals surface area contributed by atoms with Crippen molar-refractivity contribution in [1.29, 1.82) is 5.41 Å². The summed E-state index contributed by atoms with van der Waals surface area (Å²) in [6.07, 6.45) is 0. The third-order valence-corrected chi connectivity index (χ3v) is 2.64. The molecule has 2 N–H and O–H groups in total. The minimum atomic E-state index is -0.317. The van der Waals surface area contributed by atoms with E-state index in [1.165, 1.54) is 0 Å². The maximum absolute atomic E-state index is 9.83. The van der Waals surface area contributed by atoms with Gasteiger partial charge in [0.05, 0.1) is 5.69 Å². The molecule has 0 spiro atoms. The average Bonchev–Trinajstić information content (AvgIpc) is 2.33. The third kappa shape index (κ3) is 2.93. The molecule has 0 aliphatic rings. The topological polar surface area (TPSA) is 71.1 Å². The molecule has 0 amide bonds. The van der Waals surface area contributed by atoms with E-state index in [1.807, 2.05) is 51.1 Å². The highest BCUT2D eigenvalue weighted by atomic mass is 16.5. The summed E-state index contributed by atoms with van der Waals surface area (Å²) in [5.41, 5.74) is -0.000705. The fraction of sp³-hybridized carbons (Fsp3) is 0.286. The number of hydrogen-bond acceptors (Lipinski definition) is 4. The Labute approximate surface area is 111 Å². The van der Waals surface area contributed by atoms with Crippen LogP contribution in [0.1, 0.15) is 26.5 Å². The quantitative estimate of drug-likeness (QED) is 0.814. The number of hydrogen-bond donors (Lipinski definition) is 2. The van der Waals surface area contributed by atoms with Crippen LogP contribution in [-0.4, -0.2) is 14.9 Å². The van der Waals surface area contributed by atoms with Gasteiger partial charge in [-0.3, -0.25) is 5.41 Å². The summed E-state index contributed by atoms with van der Waals surface area (Å²) in [6, 6.07) is 10.9. The monoisotopic (exact) mass is 259 g/mol. The fourth-order valence-corrected chi connectivity index (χ4v) is 1.67. The molecule has 0 atom stereocenters. The molecule has 0 saturated heterocycles. The van der Waals surface area contributed by atoms with Gasteiger partial charge in [0.15, 0.2) is 0 Å². The van der Waals surface area contributed by atoms with E-state index in [2.05, 4.69) is 4.98 Å². The summed E-state index contributed by atoms with van der Waals surface area (Å²) in [5, 5.41) is 17.5. The molecule has 0 unspecified atom stereocenters. The van der Waals surface area contributed by atoms with Gasteiger partial charge in [0.25, 0.3) is 5.62 Å². The third-order valence-electron chi connectivity index (χ3n) is 2.64. The second-order valence-electron chi connectivity index (χ2n) is 5.28. The Balaban J connectivity index is 2.43. The van der Waals surface area contributed by atoms with Crippen molar-refractivity contribution in [3.05, 3.63) is 47.7 Å². The van der Waals surface area contributed by atoms with Crippen molar-refractivity contribution in [2.24, 2.45) is 0 Å². The lowest BCUT2D eigenvalue weighted by molar-refractivity contribution is 0.143. The Morgan fingerprint density at radius 3 is 2.42 bits per heavy atom. The molecule has 2 aromatic rings. The lowest BCUT2D eigenvalue weighted by Gasteiger charge is -2.21. The number of ether oxygens (including phenoxy) is 1. The van der Waals surface area contributed by atoms with Gasteiger partial charge < -0.3 is 9.94 Å². The number of para-hydroxylation sites is 1. The Morgan fingerprint density at radius 1 is 1.21 bits per heavy atom. The Hall–Kier alpha value is -2.30. The largest absolute Gasteiger partial charge is 0.439 e. The molecule has 1 aromatic carbocycles. The van der Waals surface area contributed by atoms with E-state index in [0.717, 1.165) is 4.73 Å². The molecule has 19 heavy (non-hydrogen) atoms. The predicted octanol–water partition coefficient (Wildman–Crippen LogP) is 2.69. The molecule has 100 valence electrons. The number of nitrogens with zero attached hydrogens (tertiary/aromatic N) is 2. The average molecular weight is 259 g/mol. The molecule has 0 aliphatic heterocycles. The van der Waals surface area contributed by atoms with Crippen LogP contribution in [-0.2, 0) is 5.41 Å². The van der Waals surface area contributed by atoms with Crippen LogP contribution in [0.25, 0.3) is 0 Å². The van der Waals surface area contributed by atoms with Gasteiger partial charge >= 0.3 is 0 Å². The predicted molar refractivity (Wildman–Crippen MR) is 70.5 cm³/mol. The van der Waals surface area contributed by atoms with E-state index >= 15 is 0 Å². The number of rotatable bonds is 2. The number of benzene rings is 1. The lowest BCUT2D eigenvalue weighted by Crippen LogP contribution is -2.30. The van der Waals surface area contributed by atoms with Gasteiger partial charge in [-0.2, -0.15) is 9.71 Å². The van der Waals surface area contributed by atoms with Crippen LogP contribution in [0.15, 0.2) is 36.4 Å². The summed E-state index contributed by atoms with van der Waals surface area (Å²) in [6.45, 7) is 5.84. The molecule has 1 heterocycles. The summed E-state index contributed by atoms with van der Waals surface area (Å²) >= 11 is 0. The van der Waals surface area contributed by atoms with Gasteiger partial charge in [0, 0.05) is 11.5 Å². The van der Waals surface area contributed by atoms with Crippen molar-refractivity contribution in [3.8, 4) is 11.6 Å². The minimum Gasteiger partial charge on any atom is -0.439 e. The maximum atomic E-state index is 9.83. The molecular formula is C14H17N3O2. The van der Waals surface area contributed by atoms with E-state index in [9.17, 15) is 5.21 Å². The zero-order chi connectivity index (χ0) is 14.0. The molecule has 1 aromatic heterocycles. The zero-order valence-corrected chi connectivity index (χ0v) is 11.2. The van der Waals surface area contributed by atoms with Crippen LogP contribution < -0.4 is 10.4 Å². The molecule has 0 aliphatic carbocycles. The molecule has 5 heteroatoms. The standard InChI is InChI=1S/C14H17N3O2/c1-14(2,3)11-9-12(16-13(15)17(11)18)19-10-7-5-4-6-8-10/h4-9,15,18H,1-3H3.